The Balaban J connectivity index is 2.67. The lowest BCUT2D eigenvalue weighted by atomic mass is 10.2. The van der Waals surface area contributed by atoms with Gasteiger partial charge in [0.05, 0.1) is 16.7 Å². The highest BCUT2D eigenvalue weighted by Gasteiger charge is 2.33. The Morgan fingerprint density at radius 2 is 2.10 bits per heavy atom. The summed E-state index contributed by atoms with van der Waals surface area (Å²) in [5.74, 6) is 0. The molecular formula is C12H14ClF3N2O2. The number of urea groups is 1. The van der Waals surface area contributed by atoms with Crippen molar-refractivity contribution in [1.82, 2.24) is 5.32 Å². The second-order valence-electron chi connectivity index (χ2n) is 4.21. The molecule has 0 fully saturated rings. The fourth-order valence-corrected chi connectivity index (χ4v) is 1.61. The summed E-state index contributed by atoms with van der Waals surface area (Å²) in [6, 6.07) is 2.44. The number of carbonyl (C=O) groups excluding carboxylic acids is 1. The van der Waals surface area contributed by atoms with Gasteiger partial charge in [0.15, 0.2) is 0 Å². The molecule has 3 N–H and O–H groups in total. The second kappa shape index (κ2) is 6.81. The van der Waals surface area contributed by atoms with Crippen LogP contribution in [-0.4, -0.2) is 23.8 Å². The van der Waals surface area contributed by atoms with Gasteiger partial charge in [-0.25, -0.2) is 4.79 Å². The van der Waals surface area contributed by atoms with Crippen molar-refractivity contribution < 1.29 is 23.1 Å². The van der Waals surface area contributed by atoms with Crippen molar-refractivity contribution in [2.75, 3.05) is 11.9 Å². The second-order valence-corrected chi connectivity index (χ2v) is 4.62. The van der Waals surface area contributed by atoms with E-state index in [1.807, 2.05) is 0 Å². The maximum absolute atomic E-state index is 12.6. The molecule has 0 aliphatic heterocycles. The van der Waals surface area contributed by atoms with Crippen LogP contribution in [0.25, 0.3) is 0 Å². The Kier molecular flexibility index (Phi) is 5.64. The molecule has 0 bridgehead atoms. The molecule has 0 aliphatic carbocycles. The molecule has 0 saturated heterocycles. The highest BCUT2D eigenvalue weighted by Crippen LogP contribution is 2.36. The van der Waals surface area contributed by atoms with Gasteiger partial charge in [-0.05, 0) is 31.5 Å². The topological polar surface area (TPSA) is 61.4 Å². The minimum absolute atomic E-state index is 0.0173. The number of aliphatic hydroxyl groups excluding tert-OH is 1. The summed E-state index contributed by atoms with van der Waals surface area (Å²) in [4.78, 5) is 11.4. The Labute approximate surface area is 118 Å². The van der Waals surface area contributed by atoms with E-state index in [0.717, 1.165) is 12.1 Å². The van der Waals surface area contributed by atoms with Crippen molar-refractivity contribution >= 4 is 23.3 Å². The van der Waals surface area contributed by atoms with Crippen molar-refractivity contribution in [1.29, 1.82) is 0 Å². The van der Waals surface area contributed by atoms with Gasteiger partial charge in [0.1, 0.15) is 0 Å². The van der Waals surface area contributed by atoms with Gasteiger partial charge in [0, 0.05) is 12.2 Å². The molecule has 0 radical (unpaired) electrons. The third-order valence-electron chi connectivity index (χ3n) is 2.38. The summed E-state index contributed by atoms with van der Waals surface area (Å²) in [5, 5.41) is 13.2. The van der Waals surface area contributed by atoms with E-state index >= 15 is 0 Å². The molecule has 1 atom stereocenters. The van der Waals surface area contributed by atoms with Crippen LogP contribution in [0.15, 0.2) is 18.2 Å². The van der Waals surface area contributed by atoms with E-state index < -0.39 is 28.9 Å². The van der Waals surface area contributed by atoms with Crippen LogP contribution in [0.5, 0.6) is 0 Å². The first-order valence-corrected chi connectivity index (χ1v) is 6.17. The fraction of sp³-hybridized carbons (Fsp3) is 0.417. The predicted molar refractivity (Wildman–Crippen MR) is 69.8 cm³/mol. The van der Waals surface area contributed by atoms with E-state index in [-0.39, 0.29) is 12.2 Å². The van der Waals surface area contributed by atoms with Crippen LogP contribution in [0.3, 0.4) is 0 Å². The quantitative estimate of drug-likeness (QED) is 0.799. The summed E-state index contributed by atoms with van der Waals surface area (Å²) < 4.78 is 37.9. The van der Waals surface area contributed by atoms with Crippen LogP contribution in [-0.2, 0) is 6.18 Å². The molecule has 0 aromatic heterocycles. The molecule has 4 nitrogen and oxygen atoms in total. The lowest BCUT2D eigenvalue weighted by Crippen LogP contribution is -2.31. The van der Waals surface area contributed by atoms with Gasteiger partial charge in [-0.1, -0.05) is 11.6 Å². The van der Waals surface area contributed by atoms with E-state index in [4.69, 9.17) is 16.7 Å². The number of hydrogen-bond donors (Lipinski definition) is 3. The molecule has 2 amide bonds. The third-order valence-corrected chi connectivity index (χ3v) is 2.71. The Morgan fingerprint density at radius 1 is 1.45 bits per heavy atom. The largest absolute Gasteiger partial charge is 0.417 e. The number of carbonyl (C=O) groups is 1. The van der Waals surface area contributed by atoms with Gasteiger partial charge in [-0.2, -0.15) is 13.2 Å². The number of nitrogens with one attached hydrogen (secondary N) is 2. The number of rotatable bonds is 4. The average molecular weight is 311 g/mol. The molecule has 0 heterocycles. The fourth-order valence-electron chi connectivity index (χ4n) is 1.39. The summed E-state index contributed by atoms with van der Waals surface area (Å²) in [6.45, 7) is 1.78. The number of hydrogen-bond acceptors (Lipinski definition) is 2. The van der Waals surface area contributed by atoms with Gasteiger partial charge in [-0.15, -0.1) is 0 Å². The summed E-state index contributed by atoms with van der Waals surface area (Å²) in [5.41, 5.74) is -1.03. The SMILES string of the molecule is CC(O)CCNC(=O)Nc1ccc(Cl)c(C(F)(F)F)c1. The first kappa shape index (κ1) is 16.6. The van der Waals surface area contributed by atoms with Crippen LogP contribution >= 0.6 is 11.6 Å². The molecule has 1 aromatic rings. The van der Waals surface area contributed by atoms with Crippen LogP contribution < -0.4 is 10.6 Å². The van der Waals surface area contributed by atoms with Crippen molar-refractivity contribution in [2.24, 2.45) is 0 Å². The highest BCUT2D eigenvalue weighted by molar-refractivity contribution is 6.31. The zero-order valence-corrected chi connectivity index (χ0v) is 11.3. The van der Waals surface area contributed by atoms with Crippen molar-refractivity contribution in [3.05, 3.63) is 28.8 Å². The number of anilines is 1. The van der Waals surface area contributed by atoms with Crippen LogP contribution in [0.2, 0.25) is 5.02 Å². The summed E-state index contributed by atoms with van der Waals surface area (Å²) >= 11 is 5.46. The first-order chi connectivity index (χ1) is 9.20. The molecule has 1 rings (SSSR count). The van der Waals surface area contributed by atoms with E-state index in [9.17, 15) is 18.0 Å². The van der Waals surface area contributed by atoms with Gasteiger partial charge in [0.2, 0.25) is 0 Å². The minimum Gasteiger partial charge on any atom is -0.393 e. The van der Waals surface area contributed by atoms with E-state index in [0.29, 0.717) is 6.42 Å². The predicted octanol–water partition coefficient (Wildman–Crippen LogP) is 3.25. The molecule has 0 saturated carbocycles. The molecule has 1 aromatic carbocycles. The number of aliphatic hydroxyl groups is 1. The van der Waals surface area contributed by atoms with E-state index in [1.54, 1.807) is 6.92 Å². The highest BCUT2D eigenvalue weighted by atomic mass is 35.5. The molecule has 0 aliphatic rings. The standard InChI is InChI=1S/C12H14ClF3N2O2/c1-7(19)4-5-17-11(20)18-8-2-3-10(13)9(6-8)12(14,15)16/h2-3,6-7,19H,4-5H2,1H3,(H2,17,18,20). The average Bonchev–Trinajstić information content (AvgIpc) is 2.29. The third kappa shape index (κ3) is 5.26. The number of benzene rings is 1. The molecule has 1 unspecified atom stereocenters. The number of halogens is 4. The van der Waals surface area contributed by atoms with E-state index in [2.05, 4.69) is 10.6 Å². The van der Waals surface area contributed by atoms with Gasteiger partial charge in [-0.3, -0.25) is 0 Å². The zero-order chi connectivity index (χ0) is 15.3. The van der Waals surface area contributed by atoms with Crippen LogP contribution in [0, 0.1) is 0 Å². The molecule has 20 heavy (non-hydrogen) atoms. The maximum Gasteiger partial charge on any atom is 0.417 e. The Morgan fingerprint density at radius 3 is 2.65 bits per heavy atom. The van der Waals surface area contributed by atoms with Crippen molar-refractivity contribution in [3.8, 4) is 0 Å². The Bertz CT molecular complexity index is 478. The van der Waals surface area contributed by atoms with E-state index in [1.165, 1.54) is 6.07 Å². The van der Waals surface area contributed by atoms with Crippen LogP contribution in [0.4, 0.5) is 23.7 Å². The number of amides is 2. The monoisotopic (exact) mass is 310 g/mol. The maximum atomic E-state index is 12.6. The van der Waals surface area contributed by atoms with Gasteiger partial charge in [0.25, 0.3) is 0 Å². The van der Waals surface area contributed by atoms with Crippen molar-refractivity contribution in [3.63, 3.8) is 0 Å². The van der Waals surface area contributed by atoms with Gasteiger partial charge < -0.3 is 15.7 Å². The van der Waals surface area contributed by atoms with Crippen LogP contribution in [0.1, 0.15) is 18.9 Å². The normalized spacial score (nSPS) is 12.9. The first-order valence-electron chi connectivity index (χ1n) is 5.80. The molecule has 8 heteroatoms. The zero-order valence-electron chi connectivity index (χ0n) is 10.6. The molecular weight excluding hydrogens is 297 g/mol. The lowest BCUT2D eigenvalue weighted by Gasteiger charge is -2.12. The molecule has 112 valence electrons. The molecule has 0 spiro atoms. The smallest absolute Gasteiger partial charge is 0.393 e. The number of alkyl halides is 3. The summed E-state index contributed by atoms with van der Waals surface area (Å²) in [7, 11) is 0. The minimum atomic E-state index is -4.59. The van der Waals surface area contributed by atoms with Crippen molar-refractivity contribution in [2.45, 2.75) is 25.6 Å². The Hall–Kier alpha value is -1.47. The van der Waals surface area contributed by atoms with Gasteiger partial charge >= 0.3 is 12.2 Å². The summed E-state index contributed by atoms with van der Waals surface area (Å²) in [6.07, 6.45) is -4.80. The lowest BCUT2D eigenvalue weighted by molar-refractivity contribution is -0.137.